The lowest BCUT2D eigenvalue weighted by Gasteiger charge is -2.33. The molecule has 0 spiro atoms. The normalized spacial score (nSPS) is 11.3. The van der Waals surface area contributed by atoms with E-state index in [9.17, 15) is 9.18 Å². The topological polar surface area (TPSA) is 55.6 Å². The smallest absolute Gasteiger partial charge is 0.229 e. The summed E-state index contributed by atoms with van der Waals surface area (Å²) in [6, 6.07) is 6.23. The van der Waals surface area contributed by atoms with Gasteiger partial charge in [0.1, 0.15) is 6.61 Å². The summed E-state index contributed by atoms with van der Waals surface area (Å²) in [5.74, 6) is -0.175. The zero-order chi connectivity index (χ0) is 15.9. The van der Waals surface area contributed by atoms with E-state index in [-0.39, 0.29) is 18.3 Å². The third kappa shape index (κ3) is 4.17. The number of nitrogens with two attached hydrogens (primary N) is 1. The van der Waals surface area contributed by atoms with Crippen LogP contribution in [0, 0.1) is 11.2 Å². The highest BCUT2D eigenvalue weighted by molar-refractivity contribution is 5.82. The predicted molar refractivity (Wildman–Crippen MR) is 81.6 cm³/mol. The second-order valence-corrected chi connectivity index (χ2v) is 5.20. The third-order valence-electron chi connectivity index (χ3n) is 4.07. The van der Waals surface area contributed by atoms with Crippen LogP contribution in [-0.2, 0) is 4.79 Å². The average Bonchev–Trinajstić information content (AvgIpc) is 2.51. The van der Waals surface area contributed by atoms with E-state index in [2.05, 4.69) is 0 Å². The first-order valence-corrected chi connectivity index (χ1v) is 7.33. The van der Waals surface area contributed by atoms with Crippen LogP contribution < -0.4 is 10.5 Å². The van der Waals surface area contributed by atoms with Gasteiger partial charge in [0.25, 0.3) is 0 Å². The molecule has 21 heavy (non-hydrogen) atoms. The Balaban J connectivity index is 2.55. The molecule has 0 aliphatic heterocycles. The largest absolute Gasteiger partial charge is 0.489 e. The van der Waals surface area contributed by atoms with Crippen LogP contribution in [0.2, 0.25) is 0 Å². The Morgan fingerprint density at radius 1 is 1.33 bits per heavy atom. The highest BCUT2D eigenvalue weighted by atomic mass is 19.1. The standard InChI is InChI=1S/C16H25FN2O2/c1-4-16(5-2,12-18)15(20)19(3)10-11-21-14-9-7-6-8-13(14)17/h6-9H,4-5,10-12,18H2,1-3H3. The van der Waals surface area contributed by atoms with E-state index < -0.39 is 11.2 Å². The van der Waals surface area contributed by atoms with Crippen molar-refractivity contribution in [3.63, 3.8) is 0 Å². The molecule has 0 fully saturated rings. The molecule has 0 radical (unpaired) electrons. The second-order valence-electron chi connectivity index (χ2n) is 5.20. The van der Waals surface area contributed by atoms with E-state index in [1.165, 1.54) is 6.07 Å². The van der Waals surface area contributed by atoms with Crippen LogP contribution in [-0.4, -0.2) is 37.6 Å². The maximum atomic E-state index is 13.4. The zero-order valence-electron chi connectivity index (χ0n) is 13.1. The van der Waals surface area contributed by atoms with Crippen LogP contribution >= 0.6 is 0 Å². The number of carbonyl (C=O) groups is 1. The molecule has 0 saturated carbocycles. The Kier molecular flexibility index (Phi) is 6.62. The molecule has 5 heteroatoms. The van der Waals surface area contributed by atoms with Crippen LogP contribution in [0.25, 0.3) is 0 Å². The van der Waals surface area contributed by atoms with Gasteiger partial charge in [-0.05, 0) is 25.0 Å². The molecule has 0 aliphatic rings. The van der Waals surface area contributed by atoms with E-state index in [1.54, 1.807) is 30.1 Å². The molecule has 0 atom stereocenters. The number of rotatable bonds is 8. The number of hydrogen-bond acceptors (Lipinski definition) is 3. The van der Waals surface area contributed by atoms with Crippen molar-refractivity contribution in [1.82, 2.24) is 4.90 Å². The van der Waals surface area contributed by atoms with Gasteiger partial charge < -0.3 is 15.4 Å². The SMILES string of the molecule is CCC(CC)(CN)C(=O)N(C)CCOc1ccccc1F. The van der Waals surface area contributed by atoms with Gasteiger partial charge in [-0.2, -0.15) is 0 Å². The number of carbonyl (C=O) groups excluding carboxylic acids is 1. The van der Waals surface area contributed by atoms with Gasteiger partial charge in [-0.1, -0.05) is 26.0 Å². The van der Waals surface area contributed by atoms with Crippen LogP contribution in [0.3, 0.4) is 0 Å². The Bertz CT molecular complexity index is 453. The van der Waals surface area contributed by atoms with Gasteiger partial charge in [0, 0.05) is 13.6 Å². The van der Waals surface area contributed by atoms with Crippen LogP contribution in [0.15, 0.2) is 24.3 Å². The molecule has 0 saturated heterocycles. The van der Waals surface area contributed by atoms with Gasteiger partial charge in [-0.25, -0.2) is 4.39 Å². The van der Waals surface area contributed by atoms with Gasteiger partial charge in [0.2, 0.25) is 5.91 Å². The van der Waals surface area contributed by atoms with Crippen molar-refractivity contribution >= 4 is 5.91 Å². The van der Waals surface area contributed by atoms with Crippen molar-refractivity contribution in [2.75, 3.05) is 26.7 Å². The fraction of sp³-hybridized carbons (Fsp3) is 0.562. The fourth-order valence-electron chi connectivity index (χ4n) is 2.29. The summed E-state index contributed by atoms with van der Waals surface area (Å²) in [6.07, 6.45) is 1.41. The lowest BCUT2D eigenvalue weighted by atomic mass is 9.81. The maximum Gasteiger partial charge on any atom is 0.229 e. The molecule has 2 N–H and O–H groups in total. The molecule has 118 valence electrons. The molecule has 0 aliphatic carbocycles. The van der Waals surface area contributed by atoms with Crippen molar-refractivity contribution in [2.24, 2.45) is 11.1 Å². The Labute approximate surface area is 126 Å². The highest BCUT2D eigenvalue weighted by Gasteiger charge is 2.35. The molecule has 1 aromatic rings. The zero-order valence-corrected chi connectivity index (χ0v) is 13.1. The minimum atomic E-state index is -0.507. The van der Waals surface area contributed by atoms with Gasteiger partial charge in [0.05, 0.1) is 12.0 Å². The number of nitrogens with zero attached hydrogens (tertiary/aromatic N) is 1. The number of hydrogen-bond donors (Lipinski definition) is 1. The van der Waals surface area contributed by atoms with Crippen molar-refractivity contribution in [1.29, 1.82) is 0 Å². The van der Waals surface area contributed by atoms with Crippen molar-refractivity contribution in [2.45, 2.75) is 26.7 Å². The number of para-hydroxylation sites is 1. The van der Waals surface area contributed by atoms with E-state index in [0.29, 0.717) is 25.9 Å². The van der Waals surface area contributed by atoms with Crippen molar-refractivity contribution in [3.05, 3.63) is 30.1 Å². The van der Waals surface area contributed by atoms with Gasteiger partial charge in [-0.3, -0.25) is 4.79 Å². The van der Waals surface area contributed by atoms with Gasteiger partial charge in [-0.15, -0.1) is 0 Å². The van der Waals surface area contributed by atoms with Crippen molar-refractivity contribution < 1.29 is 13.9 Å². The van der Waals surface area contributed by atoms with Crippen LogP contribution in [0.5, 0.6) is 5.75 Å². The lowest BCUT2D eigenvalue weighted by Crippen LogP contribution is -2.47. The number of ether oxygens (including phenoxy) is 1. The molecule has 0 heterocycles. The van der Waals surface area contributed by atoms with Crippen LogP contribution in [0.1, 0.15) is 26.7 Å². The minimum absolute atomic E-state index is 0.0205. The monoisotopic (exact) mass is 296 g/mol. The van der Waals surface area contributed by atoms with Crippen molar-refractivity contribution in [3.8, 4) is 5.75 Å². The number of benzene rings is 1. The summed E-state index contributed by atoms with van der Waals surface area (Å²) in [6.45, 7) is 4.92. The average molecular weight is 296 g/mol. The summed E-state index contributed by atoms with van der Waals surface area (Å²) in [5, 5.41) is 0. The molecular weight excluding hydrogens is 271 g/mol. The predicted octanol–water partition coefficient (Wildman–Crippen LogP) is 2.43. The Morgan fingerprint density at radius 3 is 2.48 bits per heavy atom. The summed E-state index contributed by atoms with van der Waals surface area (Å²) in [5.41, 5.74) is 5.27. The molecule has 1 rings (SSSR count). The molecular formula is C16H25FN2O2. The first-order chi connectivity index (χ1) is 10.0. The fourth-order valence-corrected chi connectivity index (χ4v) is 2.29. The van der Waals surface area contributed by atoms with E-state index >= 15 is 0 Å². The van der Waals surface area contributed by atoms with Crippen LogP contribution in [0.4, 0.5) is 4.39 Å². The Hall–Kier alpha value is -1.62. The quantitative estimate of drug-likeness (QED) is 0.801. The number of likely N-dealkylation sites (N-methyl/N-ethyl adjacent to an activating group) is 1. The first-order valence-electron chi connectivity index (χ1n) is 7.33. The summed E-state index contributed by atoms with van der Waals surface area (Å²) in [4.78, 5) is 14.1. The second kappa shape index (κ2) is 7.98. The summed E-state index contributed by atoms with van der Waals surface area (Å²) in [7, 11) is 1.72. The molecule has 1 amide bonds. The number of amides is 1. The van der Waals surface area contributed by atoms with E-state index in [4.69, 9.17) is 10.5 Å². The third-order valence-corrected chi connectivity index (χ3v) is 4.07. The Morgan fingerprint density at radius 2 is 1.95 bits per heavy atom. The lowest BCUT2D eigenvalue weighted by molar-refractivity contribution is -0.141. The number of halogens is 1. The van der Waals surface area contributed by atoms with Gasteiger partial charge >= 0.3 is 0 Å². The molecule has 1 aromatic carbocycles. The van der Waals surface area contributed by atoms with Gasteiger partial charge in [0.15, 0.2) is 11.6 Å². The summed E-state index contributed by atoms with van der Waals surface area (Å²) >= 11 is 0. The maximum absolute atomic E-state index is 13.4. The first kappa shape index (κ1) is 17.4. The van der Waals surface area contributed by atoms with E-state index in [1.807, 2.05) is 13.8 Å². The molecule has 0 unspecified atom stereocenters. The summed E-state index contributed by atoms with van der Waals surface area (Å²) < 4.78 is 18.8. The minimum Gasteiger partial charge on any atom is -0.489 e. The van der Waals surface area contributed by atoms with E-state index in [0.717, 1.165) is 0 Å². The highest BCUT2D eigenvalue weighted by Crippen LogP contribution is 2.27. The molecule has 0 bridgehead atoms. The molecule has 4 nitrogen and oxygen atoms in total. The molecule has 0 aromatic heterocycles.